The van der Waals surface area contributed by atoms with Crippen LogP contribution in [0.3, 0.4) is 0 Å². The summed E-state index contributed by atoms with van der Waals surface area (Å²) in [4.78, 5) is 4.46. The zero-order valence-corrected chi connectivity index (χ0v) is 12.2. The molecule has 1 aromatic heterocycles. The average molecular weight is 281 g/mol. The zero-order chi connectivity index (χ0) is 14.2. The maximum Gasteiger partial charge on any atom is 0.201 e. The lowest BCUT2D eigenvalue weighted by atomic mass is 10.1. The van der Waals surface area contributed by atoms with Crippen molar-refractivity contribution in [1.82, 2.24) is 9.55 Å². The van der Waals surface area contributed by atoms with Gasteiger partial charge in [0.05, 0.1) is 10.4 Å². The van der Waals surface area contributed by atoms with Crippen LogP contribution in [0.1, 0.15) is 20.3 Å². The highest BCUT2D eigenvalue weighted by Crippen LogP contribution is 2.25. The normalized spacial score (nSPS) is 13.8. The van der Waals surface area contributed by atoms with Crippen LogP contribution >= 0.6 is 0 Å². The minimum atomic E-state index is -3.30. The fourth-order valence-electron chi connectivity index (χ4n) is 2.07. The molecule has 5 nitrogen and oxygen atoms in total. The second-order valence-corrected chi connectivity index (χ2v) is 6.97. The van der Waals surface area contributed by atoms with Gasteiger partial charge in [-0.05, 0) is 18.1 Å². The van der Waals surface area contributed by atoms with Gasteiger partial charge in [0, 0.05) is 12.8 Å². The molecule has 0 saturated heterocycles. The predicted molar refractivity (Wildman–Crippen MR) is 76.7 cm³/mol. The number of hydrogen-bond acceptors (Lipinski definition) is 4. The van der Waals surface area contributed by atoms with Crippen LogP contribution in [0.5, 0.6) is 0 Å². The van der Waals surface area contributed by atoms with Crippen molar-refractivity contribution in [1.29, 1.82) is 0 Å². The van der Waals surface area contributed by atoms with Crippen molar-refractivity contribution < 1.29 is 8.42 Å². The lowest BCUT2D eigenvalue weighted by molar-refractivity contribution is 0.479. The van der Waals surface area contributed by atoms with Crippen LogP contribution in [0.15, 0.2) is 23.1 Å². The Hall–Kier alpha value is -1.56. The van der Waals surface area contributed by atoms with Crippen LogP contribution < -0.4 is 5.73 Å². The van der Waals surface area contributed by atoms with Gasteiger partial charge in [-0.15, -0.1) is 0 Å². The van der Waals surface area contributed by atoms with E-state index in [4.69, 9.17) is 5.73 Å². The number of para-hydroxylation sites is 1. The summed E-state index contributed by atoms with van der Waals surface area (Å²) in [7, 11) is -3.30. The summed E-state index contributed by atoms with van der Waals surface area (Å²) in [5.41, 5.74) is 7.17. The molecule has 2 N–H and O–H groups in total. The summed E-state index contributed by atoms with van der Waals surface area (Å²) >= 11 is 0. The van der Waals surface area contributed by atoms with Crippen molar-refractivity contribution in [3.05, 3.63) is 18.2 Å². The Balaban J connectivity index is 2.66. The molecule has 1 heterocycles. The number of nitrogen functional groups attached to an aromatic ring is 1. The third-order valence-corrected chi connectivity index (χ3v) is 4.49. The van der Waals surface area contributed by atoms with Gasteiger partial charge in [0.25, 0.3) is 0 Å². The Kier molecular flexibility index (Phi) is 3.54. The van der Waals surface area contributed by atoms with E-state index in [0.717, 1.165) is 18.5 Å². The van der Waals surface area contributed by atoms with Crippen molar-refractivity contribution in [3.8, 4) is 0 Å². The maximum absolute atomic E-state index is 11.8. The van der Waals surface area contributed by atoms with Crippen LogP contribution in [0.25, 0.3) is 11.0 Å². The number of sulfone groups is 1. The molecule has 104 valence electrons. The van der Waals surface area contributed by atoms with Crippen LogP contribution in [0.2, 0.25) is 0 Å². The van der Waals surface area contributed by atoms with Crippen molar-refractivity contribution in [2.24, 2.45) is 5.92 Å². The Morgan fingerprint density at radius 1 is 1.42 bits per heavy atom. The first-order valence-electron chi connectivity index (χ1n) is 6.29. The second-order valence-electron chi connectivity index (χ2n) is 4.99. The molecule has 2 aromatic rings. The number of anilines is 1. The number of nitrogens with two attached hydrogens (primary N) is 1. The van der Waals surface area contributed by atoms with Crippen molar-refractivity contribution in [2.75, 3.05) is 12.0 Å². The molecule has 0 aliphatic carbocycles. The van der Waals surface area contributed by atoms with Gasteiger partial charge >= 0.3 is 0 Å². The SMILES string of the molecule is CCC(C)Cn1c(N)nc2c(S(C)(=O)=O)cccc21. The van der Waals surface area contributed by atoms with E-state index in [-0.39, 0.29) is 4.90 Å². The van der Waals surface area contributed by atoms with E-state index in [2.05, 4.69) is 18.8 Å². The number of hydrogen-bond donors (Lipinski definition) is 1. The molecule has 1 aromatic carbocycles. The van der Waals surface area contributed by atoms with E-state index < -0.39 is 9.84 Å². The van der Waals surface area contributed by atoms with E-state index in [1.165, 1.54) is 6.26 Å². The Bertz CT molecular complexity index is 704. The summed E-state index contributed by atoms with van der Waals surface area (Å²) in [6.45, 7) is 4.99. The van der Waals surface area contributed by atoms with Crippen molar-refractivity contribution in [2.45, 2.75) is 31.7 Å². The molecular weight excluding hydrogens is 262 g/mol. The summed E-state index contributed by atoms with van der Waals surface area (Å²) in [5, 5.41) is 0. The van der Waals surface area contributed by atoms with Gasteiger partial charge in [0.2, 0.25) is 5.95 Å². The maximum atomic E-state index is 11.8. The standard InChI is InChI=1S/C13H19N3O2S/c1-4-9(2)8-16-10-6-5-7-11(19(3,17)18)12(10)15-13(16)14/h5-7,9H,4,8H2,1-3H3,(H2,14,15). The van der Waals surface area contributed by atoms with Gasteiger partial charge in [0.15, 0.2) is 9.84 Å². The third kappa shape index (κ3) is 2.58. The number of nitrogens with zero attached hydrogens (tertiary/aromatic N) is 2. The summed E-state index contributed by atoms with van der Waals surface area (Å²) in [6.07, 6.45) is 2.22. The lowest BCUT2D eigenvalue weighted by Gasteiger charge is -2.11. The van der Waals surface area contributed by atoms with Gasteiger partial charge in [0.1, 0.15) is 5.52 Å². The highest BCUT2D eigenvalue weighted by atomic mass is 32.2. The zero-order valence-electron chi connectivity index (χ0n) is 11.4. The number of aromatic nitrogens is 2. The van der Waals surface area contributed by atoms with E-state index in [1.807, 2.05) is 10.6 Å². The van der Waals surface area contributed by atoms with Crippen LogP contribution in [0, 0.1) is 5.92 Å². The van der Waals surface area contributed by atoms with E-state index in [0.29, 0.717) is 17.4 Å². The molecule has 0 radical (unpaired) electrons. The molecule has 0 spiro atoms. The molecule has 0 aliphatic heterocycles. The van der Waals surface area contributed by atoms with Gasteiger partial charge in [-0.1, -0.05) is 26.3 Å². The fraction of sp³-hybridized carbons (Fsp3) is 0.462. The summed E-state index contributed by atoms with van der Waals surface area (Å²) in [5.74, 6) is 0.827. The molecule has 19 heavy (non-hydrogen) atoms. The molecular formula is C13H19N3O2S. The number of fused-ring (bicyclic) bond motifs is 1. The van der Waals surface area contributed by atoms with Gasteiger partial charge in [-0.3, -0.25) is 0 Å². The molecule has 1 atom stereocenters. The van der Waals surface area contributed by atoms with Gasteiger partial charge in [-0.2, -0.15) is 0 Å². The second kappa shape index (κ2) is 4.85. The Morgan fingerprint density at radius 2 is 2.11 bits per heavy atom. The first-order valence-corrected chi connectivity index (χ1v) is 8.18. The first kappa shape index (κ1) is 13.9. The number of benzene rings is 1. The minimum absolute atomic E-state index is 0.236. The van der Waals surface area contributed by atoms with E-state index in [1.54, 1.807) is 12.1 Å². The monoisotopic (exact) mass is 281 g/mol. The van der Waals surface area contributed by atoms with Gasteiger partial charge < -0.3 is 10.3 Å². The molecule has 0 fully saturated rings. The number of imidazole rings is 1. The van der Waals surface area contributed by atoms with Crippen LogP contribution in [-0.4, -0.2) is 24.2 Å². The molecule has 6 heteroatoms. The first-order chi connectivity index (χ1) is 8.84. The third-order valence-electron chi connectivity index (χ3n) is 3.36. The molecule has 0 aliphatic rings. The molecule has 0 amide bonds. The highest BCUT2D eigenvalue weighted by Gasteiger charge is 2.18. The van der Waals surface area contributed by atoms with E-state index >= 15 is 0 Å². The van der Waals surface area contributed by atoms with Crippen LogP contribution in [0.4, 0.5) is 5.95 Å². The predicted octanol–water partition coefficient (Wildman–Crippen LogP) is 2.07. The lowest BCUT2D eigenvalue weighted by Crippen LogP contribution is -2.09. The Labute approximate surface area is 113 Å². The fourth-order valence-corrected chi connectivity index (χ4v) is 2.90. The minimum Gasteiger partial charge on any atom is -0.369 e. The van der Waals surface area contributed by atoms with Crippen LogP contribution in [-0.2, 0) is 16.4 Å². The average Bonchev–Trinajstić information content (AvgIpc) is 2.64. The summed E-state index contributed by atoms with van der Waals surface area (Å²) in [6, 6.07) is 5.15. The van der Waals surface area contributed by atoms with Gasteiger partial charge in [-0.25, -0.2) is 13.4 Å². The van der Waals surface area contributed by atoms with E-state index in [9.17, 15) is 8.42 Å². The molecule has 1 unspecified atom stereocenters. The smallest absolute Gasteiger partial charge is 0.201 e. The molecule has 0 bridgehead atoms. The Morgan fingerprint density at radius 3 is 2.68 bits per heavy atom. The van der Waals surface area contributed by atoms with Crippen molar-refractivity contribution >= 4 is 26.8 Å². The molecule has 2 rings (SSSR count). The largest absolute Gasteiger partial charge is 0.369 e. The quantitative estimate of drug-likeness (QED) is 0.930. The molecule has 0 saturated carbocycles. The van der Waals surface area contributed by atoms with Crippen molar-refractivity contribution in [3.63, 3.8) is 0 Å². The number of rotatable bonds is 4. The highest BCUT2D eigenvalue weighted by molar-refractivity contribution is 7.91. The topological polar surface area (TPSA) is 78.0 Å². The summed E-state index contributed by atoms with van der Waals surface area (Å²) < 4.78 is 25.4.